The molecule has 0 heterocycles. The molecule has 6 N–H and O–H groups in total. The van der Waals surface area contributed by atoms with Gasteiger partial charge in [0, 0.05) is 13.2 Å². The van der Waals surface area contributed by atoms with E-state index in [2.05, 4.69) is 0 Å². The summed E-state index contributed by atoms with van der Waals surface area (Å²) in [5.74, 6) is -2.18. The molecule has 0 aromatic heterocycles. The molecule has 2 rings (SSSR count). The zero-order chi connectivity index (χ0) is 21.2. The number of phenolic OH excluding ortho intramolecular Hbond substituents is 6. The summed E-state index contributed by atoms with van der Waals surface area (Å²) in [6.07, 6.45) is 7.03. The fraction of sp³-hybridized carbons (Fsp3) is 0.455. The number of aryl methyl sites for hydroxylation is 2. The van der Waals surface area contributed by atoms with Crippen LogP contribution in [0.2, 0.25) is 0 Å². The zero-order valence-electron chi connectivity index (χ0n) is 16.5. The summed E-state index contributed by atoms with van der Waals surface area (Å²) in [4.78, 5) is 0. The molecule has 0 atom stereocenters. The highest BCUT2D eigenvalue weighted by molar-refractivity contribution is 5.51. The van der Waals surface area contributed by atoms with E-state index < -0.39 is 11.5 Å². The second-order valence-electron chi connectivity index (χ2n) is 7.20. The van der Waals surface area contributed by atoms with Gasteiger partial charge in [-0.1, -0.05) is 12.8 Å². The van der Waals surface area contributed by atoms with Gasteiger partial charge in [0.05, 0.1) is 0 Å². The molecule has 0 aliphatic heterocycles. The van der Waals surface area contributed by atoms with Crippen LogP contribution in [0.5, 0.6) is 34.5 Å². The number of aromatic hydroxyl groups is 6. The Morgan fingerprint density at radius 1 is 0.483 bits per heavy atom. The van der Waals surface area contributed by atoms with Crippen molar-refractivity contribution in [3.63, 3.8) is 0 Å². The standard InChI is InChI=1S/C22H30O7/c23-17-11-15(12-18(24)21(17)27)7-3-1-5-9-29-10-6-2-4-8-16-13-19(25)22(28)20(26)14-16/h11-14,23-28H,1-10H2. The van der Waals surface area contributed by atoms with Gasteiger partial charge < -0.3 is 35.4 Å². The Labute approximate surface area is 170 Å². The van der Waals surface area contributed by atoms with Crippen LogP contribution in [0.4, 0.5) is 0 Å². The number of benzene rings is 2. The van der Waals surface area contributed by atoms with Gasteiger partial charge in [-0.3, -0.25) is 0 Å². The van der Waals surface area contributed by atoms with Crippen LogP contribution in [0.15, 0.2) is 24.3 Å². The first-order valence-electron chi connectivity index (χ1n) is 9.94. The molecule has 0 radical (unpaired) electrons. The summed E-state index contributed by atoms with van der Waals surface area (Å²) in [5.41, 5.74) is 1.57. The topological polar surface area (TPSA) is 131 Å². The molecule has 0 aliphatic rings. The third kappa shape index (κ3) is 7.27. The average Bonchev–Trinajstić information content (AvgIpc) is 2.68. The van der Waals surface area contributed by atoms with Gasteiger partial charge in [-0.2, -0.15) is 0 Å². The maximum atomic E-state index is 9.48. The smallest absolute Gasteiger partial charge is 0.200 e. The third-order valence-electron chi connectivity index (χ3n) is 4.77. The highest BCUT2D eigenvalue weighted by Crippen LogP contribution is 2.36. The second-order valence-corrected chi connectivity index (χ2v) is 7.20. The molecule has 2 aromatic carbocycles. The Morgan fingerprint density at radius 3 is 1.17 bits per heavy atom. The summed E-state index contributed by atoms with van der Waals surface area (Å²) in [6.45, 7) is 1.37. The molecule has 0 aliphatic carbocycles. The SMILES string of the molecule is Oc1cc(CCCCCOCCCCCc2cc(O)c(O)c(O)c2)cc(O)c1O. The maximum absolute atomic E-state index is 9.48. The number of ether oxygens (including phenoxy) is 1. The first-order valence-corrected chi connectivity index (χ1v) is 9.94. The number of hydrogen-bond donors (Lipinski definition) is 6. The van der Waals surface area contributed by atoms with E-state index in [1.54, 1.807) is 0 Å². The van der Waals surface area contributed by atoms with Crippen LogP contribution in [0.25, 0.3) is 0 Å². The van der Waals surface area contributed by atoms with E-state index in [0.29, 0.717) is 26.1 Å². The molecule has 0 amide bonds. The number of phenols is 6. The second kappa shape index (κ2) is 11.3. The molecular weight excluding hydrogens is 376 g/mol. The molecule has 29 heavy (non-hydrogen) atoms. The monoisotopic (exact) mass is 406 g/mol. The van der Waals surface area contributed by atoms with Crippen LogP contribution in [0, 0.1) is 0 Å². The Bertz CT molecular complexity index is 677. The van der Waals surface area contributed by atoms with Crippen molar-refractivity contribution >= 4 is 0 Å². The predicted octanol–water partition coefficient (Wildman–Crippen LogP) is 4.06. The van der Waals surface area contributed by atoms with Gasteiger partial charge >= 0.3 is 0 Å². The highest BCUT2D eigenvalue weighted by Gasteiger charge is 2.08. The molecule has 7 heteroatoms. The summed E-state index contributed by atoms with van der Waals surface area (Å²) in [5, 5.41) is 56.6. The molecule has 0 fully saturated rings. The quantitative estimate of drug-likeness (QED) is 0.231. The molecule has 0 saturated heterocycles. The number of hydrogen-bond acceptors (Lipinski definition) is 7. The van der Waals surface area contributed by atoms with E-state index in [1.165, 1.54) is 24.3 Å². The lowest BCUT2D eigenvalue weighted by atomic mass is 10.1. The van der Waals surface area contributed by atoms with Crippen molar-refractivity contribution < 1.29 is 35.4 Å². The van der Waals surface area contributed by atoms with Crippen molar-refractivity contribution in [3.8, 4) is 34.5 Å². The maximum Gasteiger partial charge on any atom is 0.200 e. The Hall–Kier alpha value is -2.80. The van der Waals surface area contributed by atoms with Gasteiger partial charge in [0.25, 0.3) is 0 Å². The van der Waals surface area contributed by atoms with E-state index in [1.807, 2.05) is 0 Å². The number of unbranched alkanes of at least 4 members (excludes halogenated alkanes) is 4. The lowest BCUT2D eigenvalue weighted by Gasteiger charge is -2.07. The minimum atomic E-state index is -0.485. The average molecular weight is 406 g/mol. The molecule has 0 saturated carbocycles. The first-order chi connectivity index (χ1) is 13.9. The largest absolute Gasteiger partial charge is 0.504 e. The first kappa shape index (κ1) is 22.5. The van der Waals surface area contributed by atoms with Crippen LogP contribution in [0.1, 0.15) is 49.7 Å². The van der Waals surface area contributed by atoms with Crippen LogP contribution in [0.3, 0.4) is 0 Å². The van der Waals surface area contributed by atoms with Crippen molar-refractivity contribution in [2.24, 2.45) is 0 Å². The van der Waals surface area contributed by atoms with Gasteiger partial charge in [0.2, 0.25) is 0 Å². The van der Waals surface area contributed by atoms with Crippen molar-refractivity contribution in [2.45, 2.75) is 51.4 Å². The highest BCUT2D eigenvalue weighted by atomic mass is 16.5. The Kier molecular flexibility index (Phi) is 8.73. The predicted molar refractivity (Wildman–Crippen MR) is 109 cm³/mol. The Balaban J connectivity index is 1.47. The third-order valence-corrected chi connectivity index (χ3v) is 4.77. The minimum absolute atomic E-state index is 0.303. The van der Waals surface area contributed by atoms with Crippen LogP contribution in [-0.4, -0.2) is 43.9 Å². The lowest BCUT2D eigenvalue weighted by Crippen LogP contribution is -1.98. The van der Waals surface area contributed by atoms with Gasteiger partial charge in [-0.05, 0) is 73.9 Å². The lowest BCUT2D eigenvalue weighted by molar-refractivity contribution is 0.126. The zero-order valence-corrected chi connectivity index (χ0v) is 16.5. The summed E-state index contributed by atoms with van der Waals surface area (Å²) < 4.78 is 5.62. The molecular formula is C22H30O7. The molecule has 0 unspecified atom stereocenters. The van der Waals surface area contributed by atoms with Gasteiger partial charge in [0.15, 0.2) is 34.5 Å². The van der Waals surface area contributed by atoms with Crippen LogP contribution in [-0.2, 0) is 17.6 Å². The molecule has 0 bridgehead atoms. The number of rotatable bonds is 12. The summed E-state index contributed by atoms with van der Waals surface area (Å²) in [6, 6.07) is 5.86. The Morgan fingerprint density at radius 2 is 0.828 bits per heavy atom. The molecule has 160 valence electrons. The van der Waals surface area contributed by atoms with E-state index in [-0.39, 0.29) is 23.0 Å². The molecule has 2 aromatic rings. The molecule has 7 nitrogen and oxygen atoms in total. The van der Waals surface area contributed by atoms with Gasteiger partial charge in [-0.25, -0.2) is 0 Å². The van der Waals surface area contributed by atoms with E-state index in [0.717, 1.165) is 49.7 Å². The van der Waals surface area contributed by atoms with E-state index >= 15 is 0 Å². The van der Waals surface area contributed by atoms with Crippen LogP contribution >= 0.6 is 0 Å². The summed E-state index contributed by atoms with van der Waals surface area (Å²) in [7, 11) is 0. The van der Waals surface area contributed by atoms with E-state index in [4.69, 9.17) is 4.74 Å². The van der Waals surface area contributed by atoms with Crippen LogP contribution < -0.4 is 0 Å². The van der Waals surface area contributed by atoms with Crippen molar-refractivity contribution in [1.29, 1.82) is 0 Å². The van der Waals surface area contributed by atoms with Crippen molar-refractivity contribution in [2.75, 3.05) is 13.2 Å². The fourth-order valence-electron chi connectivity index (χ4n) is 3.13. The minimum Gasteiger partial charge on any atom is -0.504 e. The van der Waals surface area contributed by atoms with E-state index in [9.17, 15) is 30.6 Å². The summed E-state index contributed by atoms with van der Waals surface area (Å²) >= 11 is 0. The van der Waals surface area contributed by atoms with Gasteiger partial charge in [-0.15, -0.1) is 0 Å². The van der Waals surface area contributed by atoms with Crippen molar-refractivity contribution in [1.82, 2.24) is 0 Å². The normalized spacial score (nSPS) is 11.0. The van der Waals surface area contributed by atoms with Crippen molar-refractivity contribution in [3.05, 3.63) is 35.4 Å². The molecule has 0 spiro atoms. The van der Waals surface area contributed by atoms with Gasteiger partial charge in [0.1, 0.15) is 0 Å². The fourth-order valence-corrected chi connectivity index (χ4v) is 3.13.